The number of piperazine rings is 1. The Labute approximate surface area is 134 Å². The minimum atomic E-state index is -4.47. The standard InChI is InChI=1S/C17H24F4N2/c1-3-4-12(2)16(23-9-7-22-8-10-23)14-11-13(18)5-6-15(14)17(19,20)21/h5-6,11-12,16,22H,3-4,7-10H2,1-2H3/t12?,16-/m1/s1. The van der Waals surface area contributed by atoms with E-state index in [0.29, 0.717) is 13.1 Å². The predicted octanol–water partition coefficient (Wildman–Crippen LogP) is 4.23. The quantitative estimate of drug-likeness (QED) is 0.812. The molecule has 1 aliphatic rings. The molecule has 2 rings (SSSR count). The second-order valence-electron chi connectivity index (χ2n) is 6.23. The Kier molecular flexibility index (Phi) is 6.03. The maximum atomic E-state index is 13.7. The van der Waals surface area contributed by atoms with E-state index >= 15 is 0 Å². The van der Waals surface area contributed by atoms with Crippen LogP contribution in [0.25, 0.3) is 0 Å². The third-order valence-corrected chi connectivity index (χ3v) is 4.47. The summed E-state index contributed by atoms with van der Waals surface area (Å²) < 4.78 is 53.9. The van der Waals surface area contributed by atoms with Crippen molar-refractivity contribution in [1.82, 2.24) is 10.2 Å². The molecule has 1 heterocycles. The lowest BCUT2D eigenvalue weighted by Gasteiger charge is -2.39. The van der Waals surface area contributed by atoms with Gasteiger partial charge in [-0.1, -0.05) is 20.3 Å². The highest BCUT2D eigenvalue weighted by Gasteiger charge is 2.38. The van der Waals surface area contributed by atoms with Crippen molar-refractivity contribution in [1.29, 1.82) is 0 Å². The average Bonchev–Trinajstić information content (AvgIpc) is 2.47. The molecule has 23 heavy (non-hydrogen) atoms. The van der Waals surface area contributed by atoms with E-state index in [0.717, 1.165) is 44.1 Å². The van der Waals surface area contributed by atoms with Crippen molar-refractivity contribution < 1.29 is 17.6 Å². The van der Waals surface area contributed by atoms with E-state index in [4.69, 9.17) is 0 Å². The molecule has 0 radical (unpaired) electrons. The van der Waals surface area contributed by atoms with E-state index in [1.54, 1.807) is 0 Å². The number of nitrogens with one attached hydrogen (secondary N) is 1. The molecule has 1 aliphatic heterocycles. The number of benzene rings is 1. The summed E-state index contributed by atoms with van der Waals surface area (Å²) >= 11 is 0. The van der Waals surface area contributed by atoms with E-state index in [9.17, 15) is 17.6 Å². The van der Waals surface area contributed by atoms with Gasteiger partial charge in [0.1, 0.15) is 5.82 Å². The Bertz CT molecular complexity index is 510. The summed E-state index contributed by atoms with van der Waals surface area (Å²) in [7, 11) is 0. The first kappa shape index (κ1) is 18.2. The number of nitrogens with zero attached hydrogens (tertiary/aromatic N) is 1. The Balaban J connectivity index is 2.47. The summed E-state index contributed by atoms with van der Waals surface area (Å²) in [5.74, 6) is -0.585. The zero-order valence-electron chi connectivity index (χ0n) is 13.6. The van der Waals surface area contributed by atoms with Crippen molar-refractivity contribution in [2.45, 2.75) is 38.9 Å². The average molecular weight is 332 g/mol. The molecule has 1 aromatic carbocycles. The molecule has 1 unspecified atom stereocenters. The molecule has 0 aliphatic carbocycles. The minimum absolute atomic E-state index is 0.0287. The summed E-state index contributed by atoms with van der Waals surface area (Å²) in [6, 6.07) is 2.43. The van der Waals surface area contributed by atoms with Crippen LogP contribution >= 0.6 is 0 Å². The van der Waals surface area contributed by atoms with Crippen molar-refractivity contribution >= 4 is 0 Å². The molecule has 2 nitrogen and oxygen atoms in total. The zero-order chi connectivity index (χ0) is 17.0. The Morgan fingerprint density at radius 1 is 1.22 bits per heavy atom. The van der Waals surface area contributed by atoms with Crippen LogP contribution in [0.15, 0.2) is 18.2 Å². The van der Waals surface area contributed by atoms with Crippen molar-refractivity contribution in [3.63, 3.8) is 0 Å². The summed E-state index contributed by atoms with van der Waals surface area (Å²) in [6.45, 7) is 6.81. The highest BCUT2D eigenvalue weighted by molar-refractivity contribution is 5.33. The van der Waals surface area contributed by atoms with Crippen LogP contribution in [0.5, 0.6) is 0 Å². The third kappa shape index (κ3) is 4.44. The Morgan fingerprint density at radius 2 is 1.87 bits per heavy atom. The van der Waals surface area contributed by atoms with Gasteiger partial charge in [0.15, 0.2) is 0 Å². The summed E-state index contributed by atoms with van der Waals surface area (Å²) in [5, 5.41) is 3.21. The zero-order valence-corrected chi connectivity index (χ0v) is 13.6. The van der Waals surface area contributed by atoms with Crippen LogP contribution in [0.2, 0.25) is 0 Å². The predicted molar refractivity (Wildman–Crippen MR) is 82.7 cm³/mol. The van der Waals surface area contributed by atoms with Gasteiger partial charge in [0.2, 0.25) is 0 Å². The van der Waals surface area contributed by atoms with E-state index in [1.807, 2.05) is 13.8 Å². The van der Waals surface area contributed by atoms with Crippen molar-refractivity contribution in [2.24, 2.45) is 5.92 Å². The number of hydrogen-bond donors (Lipinski definition) is 1. The molecule has 1 fully saturated rings. The van der Waals surface area contributed by atoms with Crippen LogP contribution in [-0.4, -0.2) is 31.1 Å². The number of rotatable bonds is 5. The molecular formula is C17H24F4N2. The SMILES string of the molecule is CCCC(C)[C@H](c1cc(F)ccc1C(F)(F)F)N1CCNCC1. The fraction of sp³-hybridized carbons (Fsp3) is 0.647. The molecule has 0 saturated carbocycles. The lowest BCUT2D eigenvalue weighted by Crippen LogP contribution is -2.47. The molecule has 0 spiro atoms. The molecular weight excluding hydrogens is 308 g/mol. The van der Waals surface area contributed by atoms with E-state index < -0.39 is 23.6 Å². The number of hydrogen-bond acceptors (Lipinski definition) is 2. The molecule has 1 N–H and O–H groups in total. The van der Waals surface area contributed by atoms with Gasteiger partial charge in [0.05, 0.1) is 5.56 Å². The Hall–Kier alpha value is -1.14. The molecule has 1 saturated heterocycles. The van der Waals surface area contributed by atoms with Gasteiger partial charge in [-0.3, -0.25) is 4.90 Å². The summed E-state index contributed by atoms with van der Waals surface area (Å²) in [6.07, 6.45) is -2.77. The molecule has 1 aromatic rings. The molecule has 0 bridgehead atoms. The van der Waals surface area contributed by atoms with Crippen LogP contribution in [0.1, 0.15) is 43.9 Å². The topological polar surface area (TPSA) is 15.3 Å². The lowest BCUT2D eigenvalue weighted by atomic mass is 9.86. The molecule has 6 heteroatoms. The van der Waals surface area contributed by atoms with Crippen molar-refractivity contribution in [3.05, 3.63) is 35.1 Å². The van der Waals surface area contributed by atoms with Gasteiger partial charge in [0, 0.05) is 32.2 Å². The maximum absolute atomic E-state index is 13.7. The molecule has 2 atom stereocenters. The number of halogens is 4. The van der Waals surface area contributed by atoms with Gasteiger partial charge in [-0.05, 0) is 36.1 Å². The smallest absolute Gasteiger partial charge is 0.314 e. The van der Waals surface area contributed by atoms with Crippen LogP contribution in [0.3, 0.4) is 0 Å². The van der Waals surface area contributed by atoms with Crippen LogP contribution in [-0.2, 0) is 6.18 Å². The van der Waals surface area contributed by atoms with Gasteiger partial charge in [-0.15, -0.1) is 0 Å². The summed E-state index contributed by atoms with van der Waals surface area (Å²) in [4.78, 5) is 2.06. The summed E-state index contributed by atoms with van der Waals surface area (Å²) in [5.41, 5.74) is -0.647. The van der Waals surface area contributed by atoms with Crippen molar-refractivity contribution in [3.8, 4) is 0 Å². The van der Waals surface area contributed by atoms with Crippen LogP contribution in [0.4, 0.5) is 17.6 Å². The lowest BCUT2D eigenvalue weighted by molar-refractivity contribution is -0.139. The first-order valence-corrected chi connectivity index (χ1v) is 8.16. The fourth-order valence-electron chi connectivity index (χ4n) is 3.47. The highest BCUT2D eigenvalue weighted by Crippen LogP contribution is 2.40. The van der Waals surface area contributed by atoms with Gasteiger partial charge in [-0.2, -0.15) is 13.2 Å². The first-order valence-electron chi connectivity index (χ1n) is 8.16. The van der Waals surface area contributed by atoms with E-state index in [1.165, 1.54) is 0 Å². The third-order valence-electron chi connectivity index (χ3n) is 4.47. The second kappa shape index (κ2) is 7.62. The highest BCUT2D eigenvalue weighted by atomic mass is 19.4. The van der Waals surface area contributed by atoms with Crippen LogP contribution < -0.4 is 5.32 Å². The maximum Gasteiger partial charge on any atom is 0.416 e. The van der Waals surface area contributed by atoms with Gasteiger partial charge < -0.3 is 5.32 Å². The van der Waals surface area contributed by atoms with Gasteiger partial charge >= 0.3 is 6.18 Å². The molecule has 0 amide bonds. The largest absolute Gasteiger partial charge is 0.416 e. The second-order valence-corrected chi connectivity index (χ2v) is 6.23. The fourth-order valence-corrected chi connectivity index (χ4v) is 3.47. The van der Waals surface area contributed by atoms with Gasteiger partial charge in [-0.25, -0.2) is 4.39 Å². The Morgan fingerprint density at radius 3 is 2.43 bits per heavy atom. The normalized spacial score (nSPS) is 19.6. The van der Waals surface area contributed by atoms with Gasteiger partial charge in [0.25, 0.3) is 0 Å². The molecule has 0 aromatic heterocycles. The first-order chi connectivity index (χ1) is 10.8. The molecule has 130 valence electrons. The van der Waals surface area contributed by atoms with Crippen LogP contribution in [0, 0.1) is 11.7 Å². The minimum Gasteiger partial charge on any atom is -0.314 e. The van der Waals surface area contributed by atoms with E-state index in [-0.39, 0.29) is 11.5 Å². The van der Waals surface area contributed by atoms with Crippen molar-refractivity contribution in [2.75, 3.05) is 26.2 Å². The monoisotopic (exact) mass is 332 g/mol. The van der Waals surface area contributed by atoms with E-state index in [2.05, 4.69) is 10.2 Å². The number of alkyl halides is 3.